The number of nitrogens with zero attached hydrogens (tertiary/aromatic N) is 2. The highest BCUT2D eigenvalue weighted by Crippen LogP contribution is 2.02. The van der Waals surface area contributed by atoms with E-state index < -0.39 is 0 Å². The molecule has 0 radical (unpaired) electrons. The Bertz CT molecular complexity index is 469. The van der Waals surface area contributed by atoms with Crippen molar-refractivity contribution in [2.45, 2.75) is 6.92 Å². The van der Waals surface area contributed by atoms with E-state index >= 15 is 0 Å². The largest absolute Gasteiger partial charge is 0.329 e. The molecule has 13 heavy (non-hydrogen) atoms. The number of hydrogen-bond acceptors (Lipinski definition) is 2. The lowest BCUT2D eigenvalue weighted by Crippen LogP contribution is -2.06. The summed E-state index contributed by atoms with van der Waals surface area (Å²) < 4.78 is 1.67. The minimum Gasteiger partial charge on any atom is -0.329 e. The van der Waals surface area contributed by atoms with E-state index in [0.29, 0.717) is 0 Å². The molecule has 4 heteroatoms. The minimum atomic E-state index is -0.120. The van der Waals surface area contributed by atoms with E-state index in [4.69, 9.17) is 0 Å². The SMILES string of the molecule is Cc1ccn(-c2cc[nH]c(=O)c2)n1. The van der Waals surface area contributed by atoms with Crippen LogP contribution in [-0.4, -0.2) is 14.8 Å². The summed E-state index contributed by atoms with van der Waals surface area (Å²) >= 11 is 0. The maximum absolute atomic E-state index is 11.0. The summed E-state index contributed by atoms with van der Waals surface area (Å²) in [4.78, 5) is 13.5. The molecular formula is C9H9N3O. The van der Waals surface area contributed by atoms with E-state index in [1.165, 1.54) is 6.07 Å². The summed E-state index contributed by atoms with van der Waals surface area (Å²) in [6.07, 6.45) is 3.43. The molecule has 2 aromatic rings. The Morgan fingerprint density at radius 1 is 1.46 bits per heavy atom. The van der Waals surface area contributed by atoms with Gasteiger partial charge in [0, 0.05) is 18.5 Å². The molecule has 0 unspecified atom stereocenters. The predicted molar refractivity (Wildman–Crippen MR) is 48.9 cm³/mol. The van der Waals surface area contributed by atoms with Gasteiger partial charge in [-0.05, 0) is 19.1 Å². The van der Waals surface area contributed by atoms with Crippen molar-refractivity contribution in [1.29, 1.82) is 0 Å². The molecule has 0 fully saturated rings. The molecule has 0 aromatic carbocycles. The normalized spacial score (nSPS) is 10.2. The highest BCUT2D eigenvalue weighted by molar-refractivity contribution is 5.27. The first-order chi connectivity index (χ1) is 6.25. The standard InChI is InChI=1S/C9H9N3O/c1-7-3-5-12(11-7)8-2-4-10-9(13)6-8/h2-6H,1H3,(H,10,13). The van der Waals surface area contributed by atoms with Crippen LogP contribution < -0.4 is 5.56 Å². The van der Waals surface area contributed by atoms with Crippen molar-refractivity contribution in [2.24, 2.45) is 0 Å². The number of aromatic amines is 1. The van der Waals surface area contributed by atoms with Gasteiger partial charge in [-0.3, -0.25) is 4.79 Å². The van der Waals surface area contributed by atoms with Crippen molar-refractivity contribution in [3.05, 3.63) is 46.6 Å². The van der Waals surface area contributed by atoms with E-state index in [0.717, 1.165) is 11.4 Å². The van der Waals surface area contributed by atoms with Gasteiger partial charge >= 0.3 is 0 Å². The van der Waals surface area contributed by atoms with Gasteiger partial charge in [0.25, 0.3) is 0 Å². The van der Waals surface area contributed by atoms with E-state index in [2.05, 4.69) is 10.1 Å². The molecule has 2 heterocycles. The third-order valence-corrected chi connectivity index (χ3v) is 1.75. The van der Waals surface area contributed by atoms with E-state index in [1.807, 2.05) is 19.2 Å². The average Bonchev–Trinajstić information content (AvgIpc) is 2.52. The lowest BCUT2D eigenvalue weighted by Gasteiger charge is -1.98. The van der Waals surface area contributed by atoms with Gasteiger partial charge in [-0.2, -0.15) is 5.10 Å². The van der Waals surface area contributed by atoms with Crippen LogP contribution in [0.4, 0.5) is 0 Å². The molecule has 2 aromatic heterocycles. The van der Waals surface area contributed by atoms with Crippen molar-refractivity contribution in [1.82, 2.24) is 14.8 Å². The third-order valence-electron chi connectivity index (χ3n) is 1.75. The molecule has 0 aliphatic rings. The van der Waals surface area contributed by atoms with Crippen molar-refractivity contribution >= 4 is 0 Å². The predicted octanol–water partition coefficient (Wildman–Crippen LogP) is 0.869. The first kappa shape index (κ1) is 7.79. The van der Waals surface area contributed by atoms with Gasteiger partial charge < -0.3 is 4.98 Å². The average molecular weight is 175 g/mol. The number of nitrogens with one attached hydrogen (secondary N) is 1. The fourth-order valence-electron chi connectivity index (χ4n) is 1.13. The second kappa shape index (κ2) is 2.90. The lowest BCUT2D eigenvalue weighted by molar-refractivity contribution is 0.858. The molecule has 4 nitrogen and oxygen atoms in total. The molecular weight excluding hydrogens is 166 g/mol. The highest BCUT2D eigenvalue weighted by Gasteiger charge is 1.97. The summed E-state index contributed by atoms with van der Waals surface area (Å²) in [5.74, 6) is 0. The molecule has 0 saturated carbocycles. The van der Waals surface area contributed by atoms with Gasteiger partial charge in [-0.1, -0.05) is 0 Å². The van der Waals surface area contributed by atoms with Gasteiger partial charge in [-0.15, -0.1) is 0 Å². The Morgan fingerprint density at radius 3 is 2.92 bits per heavy atom. The van der Waals surface area contributed by atoms with E-state index in [9.17, 15) is 4.79 Å². The Morgan fingerprint density at radius 2 is 2.31 bits per heavy atom. The summed E-state index contributed by atoms with van der Waals surface area (Å²) in [6.45, 7) is 1.91. The number of rotatable bonds is 1. The van der Waals surface area contributed by atoms with Crippen molar-refractivity contribution in [3.63, 3.8) is 0 Å². The molecule has 0 aliphatic carbocycles. The maximum Gasteiger partial charge on any atom is 0.250 e. The van der Waals surface area contributed by atoms with Crippen LogP contribution in [0.25, 0.3) is 5.69 Å². The van der Waals surface area contributed by atoms with Gasteiger partial charge in [0.2, 0.25) is 5.56 Å². The van der Waals surface area contributed by atoms with Crippen LogP contribution in [0.3, 0.4) is 0 Å². The van der Waals surface area contributed by atoms with Gasteiger partial charge in [-0.25, -0.2) is 4.68 Å². The Balaban J connectivity index is 2.52. The zero-order valence-corrected chi connectivity index (χ0v) is 7.19. The second-order valence-corrected chi connectivity index (χ2v) is 2.81. The lowest BCUT2D eigenvalue weighted by atomic mass is 10.4. The first-order valence-corrected chi connectivity index (χ1v) is 3.97. The number of H-pyrrole nitrogens is 1. The summed E-state index contributed by atoms with van der Waals surface area (Å²) in [5.41, 5.74) is 1.59. The molecule has 66 valence electrons. The third kappa shape index (κ3) is 1.51. The van der Waals surface area contributed by atoms with Crippen molar-refractivity contribution in [2.75, 3.05) is 0 Å². The number of aromatic nitrogens is 3. The number of aryl methyl sites for hydroxylation is 1. The summed E-state index contributed by atoms with van der Waals surface area (Å²) in [6, 6.07) is 5.20. The fourth-order valence-corrected chi connectivity index (χ4v) is 1.13. The van der Waals surface area contributed by atoms with Crippen LogP contribution in [0.2, 0.25) is 0 Å². The highest BCUT2D eigenvalue weighted by atomic mass is 16.1. The molecule has 1 N–H and O–H groups in total. The molecule has 0 bridgehead atoms. The fraction of sp³-hybridized carbons (Fsp3) is 0.111. The molecule has 0 spiro atoms. The minimum absolute atomic E-state index is 0.120. The Labute approximate surface area is 74.8 Å². The molecule has 0 saturated heterocycles. The molecule has 0 aliphatic heterocycles. The van der Waals surface area contributed by atoms with Crippen molar-refractivity contribution < 1.29 is 0 Å². The number of pyridine rings is 1. The molecule has 2 rings (SSSR count). The van der Waals surface area contributed by atoms with E-state index in [-0.39, 0.29) is 5.56 Å². The molecule has 0 atom stereocenters. The maximum atomic E-state index is 11.0. The van der Waals surface area contributed by atoms with Gasteiger partial charge in [0.15, 0.2) is 0 Å². The molecule has 0 amide bonds. The first-order valence-electron chi connectivity index (χ1n) is 3.97. The zero-order valence-electron chi connectivity index (χ0n) is 7.19. The van der Waals surface area contributed by atoms with Crippen LogP contribution in [-0.2, 0) is 0 Å². The van der Waals surface area contributed by atoms with Crippen LogP contribution in [0.1, 0.15) is 5.69 Å². The summed E-state index contributed by atoms with van der Waals surface area (Å²) in [7, 11) is 0. The van der Waals surface area contributed by atoms with Crippen molar-refractivity contribution in [3.8, 4) is 5.69 Å². The quantitative estimate of drug-likeness (QED) is 0.699. The zero-order chi connectivity index (χ0) is 9.26. The topological polar surface area (TPSA) is 50.7 Å². The summed E-state index contributed by atoms with van der Waals surface area (Å²) in [5, 5.41) is 4.19. The number of hydrogen-bond donors (Lipinski definition) is 1. The smallest absolute Gasteiger partial charge is 0.250 e. The van der Waals surface area contributed by atoms with Crippen LogP contribution in [0.5, 0.6) is 0 Å². The van der Waals surface area contributed by atoms with Gasteiger partial charge in [0.05, 0.1) is 11.4 Å². The Hall–Kier alpha value is -1.84. The van der Waals surface area contributed by atoms with Crippen LogP contribution in [0, 0.1) is 6.92 Å². The van der Waals surface area contributed by atoms with Gasteiger partial charge in [0.1, 0.15) is 0 Å². The Kier molecular flexibility index (Phi) is 1.73. The van der Waals surface area contributed by atoms with Crippen LogP contribution >= 0.6 is 0 Å². The second-order valence-electron chi connectivity index (χ2n) is 2.81. The van der Waals surface area contributed by atoms with E-state index in [1.54, 1.807) is 16.9 Å². The van der Waals surface area contributed by atoms with Crippen LogP contribution in [0.15, 0.2) is 35.4 Å². The monoisotopic (exact) mass is 175 g/mol.